The van der Waals surface area contributed by atoms with E-state index in [1.807, 2.05) is 6.07 Å². The quantitative estimate of drug-likeness (QED) is 0.418. The minimum Gasteiger partial charge on any atom is -0.397 e. The number of nitrogens with zero attached hydrogens (tertiary/aromatic N) is 1. The van der Waals surface area contributed by atoms with E-state index in [1.54, 1.807) is 12.3 Å². The van der Waals surface area contributed by atoms with Gasteiger partial charge in [-0.25, -0.2) is 0 Å². The van der Waals surface area contributed by atoms with Gasteiger partial charge in [-0.3, -0.25) is 10.4 Å². The fourth-order valence-corrected chi connectivity index (χ4v) is 2.68. The molecule has 3 aromatic rings. The molecule has 0 bridgehead atoms. The number of aliphatic hydroxyl groups excluding tert-OH is 1. The Hall–Kier alpha value is -2.22. The number of methoxy groups -OCH3 is 2. The zero-order chi connectivity index (χ0) is 15.9. The third-order valence-electron chi connectivity index (χ3n) is 3.83. The Bertz CT molecular complexity index is 857. The molecule has 0 aliphatic carbocycles. The Kier molecular flexibility index (Phi) is 3.69. The second kappa shape index (κ2) is 5.53. The predicted octanol–water partition coefficient (Wildman–Crippen LogP) is 1.26. The number of benzene rings is 1. The fourth-order valence-electron chi connectivity index (χ4n) is 2.68. The zero-order valence-corrected chi connectivity index (χ0v) is 12.4. The Labute approximate surface area is 126 Å². The third kappa shape index (κ3) is 2.29. The van der Waals surface area contributed by atoms with Crippen LogP contribution in [0.1, 0.15) is 18.2 Å². The minimum absolute atomic E-state index is 0.270. The first-order valence-electron chi connectivity index (χ1n) is 6.87. The summed E-state index contributed by atoms with van der Waals surface area (Å²) in [5.74, 6) is 0. The van der Waals surface area contributed by atoms with Crippen molar-refractivity contribution in [1.29, 1.82) is 5.41 Å². The number of nitrogens with one attached hydrogen (secondary N) is 2. The minimum atomic E-state index is -0.806. The number of H-pyrrole nitrogens is 1. The molecular formula is C15H18N4O3. The van der Waals surface area contributed by atoms with Crippen LogP contribution in [0.2, 0.25) is 0 Å². The summed E-state index contributed by atoms with van der Waals surface area (Å²) in [7, 11) is 3.04. The third-order valence-corrected chi connectivity index (χ3v) is 3.83. The van der Waals surface area contributed by atoms with Gasteiger partial charge in [-0.1, -0.05) is 0 Å². The Morgan fingerprint density at radius 3 is 2.77 bits per heavy atom. The van der Waals surface area contributed by atoms with Crippen LogP contribution < -0.4 is 11.1 Å². The van der Waals surface area contributed by atoms with Crippen LogP contribution in [-0.2, 0) is 9.47 Å². The molecule has 7 heteroatoms. The van der Waals surface area contributed by atoms with Crippen molar-refractivity contribution in [3.63, 3.8) is 0 Å². The van der Waals surface area contributed by atoms with Crippen LogP contribution in [0.15, 0.2) is 18.3 Å². The number of rotatable bonds is 5. The van der Waals surface area contributed by atoms with E-state index < -0.39 is 12.4 Å². The summed E-state index contributed by atoms with van der Waals surface area (Å²) < 4.78 is 10.2. The van der Waals surface area contributed by atoms with Gasteiger partial charge in [-0.15, -0.1) is 0 Å². The number of aromatic amines is 1. The topological polar surface area (TPSA) is 117 Å². The van der Waals surface area contributed by atoms with Gasteiger partial charge in [0.2, 0.25) is 0 Å². The fraction of sp³-hybridized carbons (Fsp3) is 0.333. The average Bonchev–Trinajstić information content (AvgIpc) is 2.94. The number of ether oxygens (including phenoxy) is 2. The molecule has 0 aliphatic rings. The summed E-state index contributed by atoms with van der Waals surface area (Å²) in [5.41, 5.74) is 8.25. The summed E-state index contributed by atoms with van der Waals surface area (Å²) in [4.78, 5) is 7.41. The van der Waals surface area contributed by atoms with E-state index in [4.69, 9.17) is 20.6 Å². The molecule has 0 aliphatic heterocycles. The molecule has 0 amide bonds. The van der Waals surface area contributed by atoms with Crippen molar-refractivity contribution >= 4 is 27.5 Å². The molecule has 116 valence electrons. The monoisotopic (exact) mass is 302 g/mol. The average molecular weight is 302 g/mol. The molecule has 0 radical (unpaired) electrons. The van der Waals surface area contributed by atoms with Crippen LogP contribution in [0.25, 0.3) is 21.8 Å². The largest absolute Gasteiger partial charge is 0.397 e. The van der Waals surface area contributed by atoms with Gasteiger partial charge in [-0.05, 0) is 12.1 Å². The summed E-state index contributed by atoms with van der Waals surface area (Å²) >= 11 is 0. The number of pyridine rings is 1. The lowest BCUT2D eigenvalue weighted by molar-refractivity contribution is -0.123. The number of nitrogens with two attached hydrogens (primary N) is 1. The Balaban J connectivity index is 2.11. The molecule has 22 heavy (non-hydrogen) atoms. The van der Waals surface area contributed by atoms with E-state index in [9.17, 15) is 5.11 Å². The van der Waals surface area contributed by atoms with Gasteiger partial charge in [-0.2, -0.15) is 0 Å². The smallest absolute Gasteiger partial charge is 0.159 e. The highest BCUT2D eigenvalue weighted by atomic mass is 16.7. The van der Waals surface area contributed by atoms with Crippen molar-refractivity contribution in [2.24, 2.45) is 0 Å². The van der Waals surface area contributed by atoms with Gasteiger partial charge in [0.1, 0.15) is 0 Å². The highest BCUT2D eigenvalue weighted by molar-refractivity contribution is 6.11. The number of nitrogen functional groups attached to an aromatic ring is 1. The van der Waals surface area contributed by atoms with Gasteiger partial charge in [0, 0.05) is 43.3 Å². The van der Waals surface area contributed by atoms with Gasteiger partial charge in [0.15, 0.2) is 6.29 Å². The molecule has 0 spiro atoms. The van der Waals surface area contributed by atoms with Crippen molar-refractivity contribution in [2.75, 3.05) is 20.0 Å². The van der Waals surface area contributed by atoms with Gasteiger partial charge >= 0.3 is 0 Å². The van der Waals surface area contributed by atoms with E-state index in [0.29, 0.717) is 22.4 Å². The first-order chi connectivity index (χ1) is 10.5. The van der Waals surface area contributed by atoms with Gasteiger partial charge in [0.05, 0.1) is 28.2 Å². The van der Waals surface area contributed by atoms with E-state index in [0.717, 1.165) is 10.8 Å². The number of anilines is 1. The molecule has 3 rings (SSSR count). The van der Waals surface area contributed by atoms with Crippen LogP contribution in [0.5, 0.6) is 0 Å². The predicted molar refractivity (Wildman–Crippen MR) is 82.4 cm³/mol. The molecule has 0 saturated carbocycles. The number of aliphatic hydroxyl groups is 1. The molecule has 1 aromatic carbocycles. The first-order valence-corrected chi connectivity index (χ1v) is 6.87. The number of hydrogen-bond donors (Lipinski definition) is 4. The van der Waals surface area contributed by atoms with Crippen LogP contribution >= 0.6 is 0 Å². The molecule has 7 nitrogen and oxygen atoms in total. The van der Waals surface area contributed by atoms with Crippen molar-refractivity contribution in [1.82, 2.24) is 9.97 Å². The number of hydrogen-bond acceptors (Lipinski definition) is 6. The Morgan fingerprint density at radius 2 is 2.09 bits per heavy atom. The van der Waals surface area contributed by atoms with E-state index in [2.05, 4.69) is 9.97 Å². The molecular weight excluding hydrogens is 284 g/mol. The van der Waals surface area contributed by atoms with Gasteiger partial charge < -0.3 is 25.3 Å². The molecule has 2 heterocycles. The van der Waals surface area contributed by atoms with Crippen molar-refractivity contribution in [3.05, 3.63) is 29.4 Å². The highest BCUT2D eigenvalue weighted by Crippen LogP contribution is 2.30. The lowest BCUT2D eigenvalue weighted by Gasteiger charge is -2.18. The van der Waals surface area contributed by atoms with Crippen molar-refractivity contribution in [3.8, 4) is 0 Å². The van der Waals surface area contributed by atoms with Crippen LogP contribution in [0, 0.1) is 5.41 Å². The van der Waals surface area contributed by atoms with Crippen molar-refractivity contribution < 1.29 is 14.6 Å². The van der Waals surface area contributed by atoms with E-state index >= 15 is 0 Å². The Morgan fingerprint density at radius 1 is 1.36 bits per heavy atom. The summed E-state index contributed by atoms with van der Waals surface area (Å²) in [6.45, 7) is 0. The summed E-state index contributed by atoms with van der Waals surface area (Å²) in [6.07, 6.45) is 0.668. The number of aromatic nitrogens is 2. The maximum atomic E-state index is 10.4. The van der Waals surface area contributed by atoms with Crippen LogP contribution in [0.4, 0.5) is 5.69 Å². The molecule has 0 saturated heterocycles. The molecule has 1 unspecified atom stereocenters. The normalized spacial score (nSPS) is 13.5. The van der Waals surface area contributed by atoms with Gasteiger partial charge in [0.25, 0.3) is 0 Å². The second-order valence-corrected chi connectivity index (χ2v) is 5.20. The van der Waals surface area contributed by atoms with E-state index in [-0.39, 0.29) is 11.8 Å². The van der Waals surface area contributed by atoms with Crippen LogP contribution in [-0.4, -0.2) is 35.6 Å². The second-order valence-electron chi connectivity index (χ2n) is 5.20. The lowest BCUT2D eigenvalue weighted by atomic mass is 10.1. The molecule has 2 aromatic heterocycles. The zero-order valence-electron chi connectivity index (χ0n) is 12.4. The SMILES string of the molecule is COC(CC(O)c1cc2cnc3c(N)cc(=N)c([nH]1)c23)OC. The van der Waals surface area contributed by atoms with E-state index in [1.165, 1.54) is 14.2 Å². The molecule has 0 fully saturated rings. The molecule has 1 atom stereocenters. The first kappa shape index (κ1) is 14.7. The summed E-state index contributed by atoms with van der Waals surface area (Å²) in [5, 5.41) is 20.4. The summed E-state index contributed by atoms with van der Waals surface area (Å²) in [6, 6.07) is 3.37. The maximum absolute atomic E-state index is 10.4. The maximum Gasteiger partial charge on any atom is 0.159 e. The lowest BCUT2D eigenvalue weighted by Crippen LogP contribution is -2.18. The highest BCUT2D eigenvalue weighted by Gasteiger charge is 2.18. The molecule has 5 N–H and O–H groups in total. The standard InChI is InChI=1S/C15H18N4O3/c1-21-12(22-2)5-11(20)10-3-7-6-18-14-8(16)4-9(17)15(19-10)13(7)14/h3-4,6,11-12,17,19-20H,5,16H2,1-2H3. The van der Waals surface area contributed by atoms with Crippen LogP contribution in [0.3, 0.4) is 0 Å². The van der Waals surface area contributed by atoms with Crippen molar-refractivity contribution in [2.45, 2.75) is 18.8 Å².